The van der Waals surface area contributed by atoms with Gasteiger partial charge in [0.25, 0.3) is 0 Å². The fourth-order valence-corrected chi connectivity index (χ4v) is 5.48. The standard InChI is InChI=1S/C42H55N5O10/c1-26(2)35(46-34(49)24-43-41(54)57-42(4,5)6)39(52)45-32(22-28-14-10-8-11-15-28)37(50)44-33(38(51)47-36(27(3)48)40(53)55-7)23-29-18-20-31(21-19-29)56-25-30-16-12-9-13-17-30/h8-21,26-27,32-33,35-36,48H,22-25H2,1-7H3,(H,43,54)(H,44,50)(H,45,52)(H,46,49)(H,47,51)/t27-,32-,33-,35+,36+/m0/s1. The van der Waals surface area contributed by atoms with Crippen molar-refractivity contribution >= 4 is 35.7 Å². The van der Waals surface area contributed by atoms with E-state index >= 15 is 0 Å². The molecule has 5 amide bonds. The molecule has 3 aromatic carbocycles. The molecule has 0 bridgehead atoms. The number of hydrogen-bond acceptors (Lipinski definition) is 10. The Morgan fingerprint density at radius 1 is 0.649 bits per heavy atom. The molecule has 3 rings (SSSR count). The summed E-state index contributed by atoms with van der Waals surface area (Å²) in [7, 11) is 1.12. The molecule has 0 aliphatic rings. The lowest BCUT2D eigenvalue weighted by Gasteiger charge is -2.28. The van der Waals surface area contributed by atoms with Crippen molar-refractivity contribution < 1.29 is 48.1 Å². The number of hydrogen-bond donors (Lipinski definition) is 6. The molecule has 3 aromatic rings. The summed E-state index contributed by atoms with van der Waals surface area (Å²) >= 11 is 0. The third-order valence-corrected chi connectivity index (χ3v) is 8.45. The van der Waals surface area contributed by atoms with Crippen LogP contribution in [0, 0.1) is 5.92 Å². The molecule has 0 aliphatic carbocycles. The lowest BCUT2D eigenvalue weighted by molar-refractivity contribution is -0.148. The molecule has 15 heteroatoms. The average molecular weight is 790 g/mol. The lowest BCUT2D eigenvalue weighted by atomic mass is 10.00. The highest BCUT2D eigenvalue weighted by atomic mass is 16.6. The molecule has 0 heterocycles. The molecule has 15 nitrogen and oxygen atoms in total. The number of esters is 1. The van der Waals surface area contributed by atoms with Gasteiger partial charge in [0, 0.05) is 12.8 Å². The quantitative estimate of drug-likeness (QED) is 0.0979. The van der Waals surface area contributed by atoms with Gasteiger partial charge in [-0.1, -0.05) is 86.6 Å². The van der Waals surface area contributed by atoms with E-state index in [9.17, 15) is 33.9 Å². The number of alkyl carbamates (subject to hydrolysis) is 1. The van der Waals surface area contributed by atoms with Crippen molar-refractivity contribution in [3.8, 4) is 5.75 Å². The second-order valence-corrected chi connectivity index (χ2v) is 14.8. The number of nitrogens with one attached hydrogen (secondary N) is 5. The SMILES string of the molecule is COC(=O)[C@H](NC(=O)[C@H](Cc1ccc(OCc2ccccc2)cc1)NC(=O)[C@H](Cc1ccccc1)NC(=O)[C@H](NC(=O)CNC(=O)OC(C)(C)C)C(C)C)[C@H](C)O. The summed E-state index contributed by atoms with van der Waals surface area (Å²) in [6.07, 6.45) is -2.17. The van der Waals surface area contributed by atoms with E-state index in [1.807, 2.05) is 30.3 Å². The van der Waals surface area contributed by atoms with Crippen LogP contribution in [0.15, 0.2) is 84.9 Å². The van der Waals surface area contributed by atoms with Gasteiger partial charge in [-0.25, -0.2) is 9.59 Å². The molecule has 6 N–H and O–H groups in total. The van der Waals surface area contributed by atoms with Gasteiger partial charge < -0.3 is 45.9 Å². The number of carbonyl (C=O) groups is 6. The molecule has 0 aromatic heterocycles. The van der Waals surface area contributed by atoms with Crippen LogP contribution in [-0.4, -0.2) is 90.3 Å². The molecule has 0 saturated carbocycles. The maximum absolute atomic E-state index is 14.2. The molecule has 0 radical (unpaired) electrons. The monoisotopic (exact) mass is 789 g/mol. The Morgan fingerprint density at radius 3 is 1.67 bits per heavy atom. The van der Waals surface area contributed by atoms with Crippen molar-refractivity contribution in [3.63, 3.8) is 0 Å². The first-order valence-corrected chi connectivity index (χ1v) is 18.7. The summed E-state index contributed by atoms with van der Waals surface area (Å²) < 4.78 is 15.8. The first kappa shape index (κ1) is 45.4. The van der Waals surface area contributed by atoms with Crippen molar-refractivity contribution in [1.82, 2.24) is 26.6 Å². The average Bonchev–Trinajstić information content (AvgIpc) is 3.16. The summed E-state index contributed by atoms with van der Waals surface area (Å²) in [5.41, 5.74) is 1.52. The maximum atomic E-state index is 14.2. The second kappa shape index (κ2) is 22.0. The first-order valence-electron chi connectivity index (χ1n) is 18.7. The zero-order chi connectivity index (χ0) is 42.1. The minimum atomic E-state index is -1.43. The van der Waals surface area contributed by atoms with Gasteiger partial charge in [0.2, 0.25) is 23.6 Å². The third-order valence-electron chi connectivity index (χ3n) is 8.45. The van der Waals surface area contributed by atoms with E-state index in [-0.39, 0.29) is 12.8 Å². The Hall–Kier alpha value is -5.96. The second-order valence-electron chi connectivity index (χ2n) is 14.8. The van der Waals surface area contributed by atoms with E-state index in [0.717, 1.165) is 12.7 Å². The van der Waals surface area contributed by atoms with Crippen LogP contribution in [-0.2, 0) is 52.9 Å². The van der Waals surface area contributed by atoms with Gasteiger partial charge in [0.1, 0.15) is 42.6 Å². The Morgan fingerprint density at radius 2 is 1.16 bits per heavy atom. The third kappa shape index (κ3) is 16.0. The Labute approximate surface area is 333 Å². The van der Waals surface area contributed by atoms with Crippen LogP contribution in [0.2, 0.25) is 0 Å². The minimum absolute atomic E-state index is 0.0115. The number of amides is 5. The van der Waals surface area contributed by atoms with Gasteiger partial charge in [0.15, 0.2) is 6.04 Å². The van der Waals surface area contributed by atoms with Crippen molar-refractivity contribution in [2.75, 3.05) is 13.7 Å². The predicted octanol–water partition coefficient (Wildman–Crippen LogP) is 2.72. The van der Waals surface area contributed by atoms with Crippen molar-refractivity contribution in [2.24, 2.45) is 5.92 Å². The summed E-state index contributed by atoms with van der Waals surface area (Å²) in [6, 6.07) is 20.3. The molecule has 0 saturated heterocycles. The zero-order valence-electron chi connectivity index (χ0n) is 33.5. The van der Waals surface area contributed by atoms with Crippen LogP contribution in [0.3, 0.4) is 0 Å². The number of benzene rings is 3. The van der Waals surface area contributed by atoms with Gasteiger partial charge in [-0.15, -0.1) is 0 Å². The summed E-state index contributed by atoms with van der Waals surface area (Å²) in [6.45, 7) is 9.64. The van der Waals surface area contributed by atoms with Crippen molar-refractivity contribution in [3.05, 3.63) is 102 Å². The van der Waals surface area contributed by atoms with Crippen LogP contribution >= 0.6 is 0 Å². The molecule has 0 spiro atoms. The normalized spacial score (nSPS) is 13.8. The zero-order valence-corrected chi connectivity index (χ0v) is 33.5. The topological polar surface area (TPSA) is 210 Å². The molecule has 0 unspecified atom stereocenters. The highest BCUT2D eigenvalue weighted by Crippen LogP contribution is 2.16. The van der Waals surface area contributed by atoms with Crippen LogP contribution in [0.25, 0.3) is 0 Å². The molecular formula is C42H55N5O10. The predicted molar refractivity (Wildman–Crippen MR) is 212 cm³/mol. The Balaban J connectivity index is 1.85. The molecule has 57 heavy (non-hydrogen) atoms. The van der Waals surface area contributed by atoms with Crippen molar-refractivity contribution in [1.29, 1.82) is 0 Å². The van der Waals surface area contributed by atoms with E-state index < -0.39 is 84.0 Å². The van der Waals surface area contributed by atoms with Crippen LogP contribution in [0.5, 0.6) is 5.75 Å². The molecule has 5 atom stereocenters. The van der Waals surface area contributed by atoms with Crippen molar-refractivity contribution in [2.45, 2.75) is 96.9 Å². The number of aliphatic hydroxyl groups excluding tert-OH is 1. The van der Waals surface area contributed by atoms with E-state index in [2.05, 4.69) is 26.6 Å². The Kier molecular flexibility index (Phi) is 17.5. The van der Waals surface area contributed by atoms with Gasteiger partial charge in [-0.3, -0.25) is 19.2 Å². The van der Waals surface area contributed by atoms with Crippen LogP contribution in [0.1, 0.15) is 58.2 Å². The van der Waals surface area contributed by atoms with Gasteiger partial charge >= 0.3 is 12.1 Å². The number of ether oxygens (including phenoxy) is 3. The molecule has 0 fully saturated rings. The highest BCUT2D eigenvalue weighted by molar-refractivity contribution is 5.96. The summed E-state index contributed by atoms with van der Waals surface area (Å²) in [5.74, 6) is -3.62. The lowest BCUT2D eigenvalue weighted by Crippen LogP contribution is -2.60. The number of rotatable bonds is 19. The summed E-state index contributed by atoms with van der Waals surface area (Å²) in [5, 5.41) is 23.2. The minimum Gasteiger partial charge on any atom is -0.489 e. The number of methoxy groups -OCH3 is 1. The van der Waals surface area contributed by atoms with Crippen LogP contribution in [0.4, 0.5) is 4.79 Å². The van der Waals surface area contributed by atoms with Gasteiger partial charge in [-0.2, -0.15) is 0 Å². The van der Waals surface area contributed by atoms with E-state index in [0.29, 0.717) is 23.5 Å². The number of aliphatic hydroxyl groups is 1. The largest absolute Gasteiger partial charge is 0.489 e. The first-order chi connectivity index (χ1) is 26.9. The molecular weight excluding hydrogens is 734 g/mol. The fourth-order valence-electron chi connectivity index (χ4n) is 5.48. The highest BCUT2D eigenvalue weighted by Gasteiger charge is 2.34. The van der Waals surface area contributed by atoms with Gasteiger partial charge in [0.05, 0.1) is 13.2 Å². The summed E-state index contributed by atoms with van der Waals surface area (Å²) in [4.78, 5) is 79.1. The van der Waals surface area contributed by atoms with E-state index in [4.69, 9.17) is 14.2 Å². The number of carbonyl (C=O) groups excluding carboxylic acids is 6. The fraction of sp³-hybridized carbons (Fsp3) is 0.429. The Bertz CT molecular complexity index is 1780. The van der Waals surface area contributed by atoms with E-state index in [1.165, 1.54) is 6.92 Å². The molecule has 308 valence electrons. The van der Waals surface area contributed by atoms with E-state index in [1.54, 1.807) is 89.2 Å². The van der Waals surface area contributed by atoms with Gasteiger partial charge in [-0.05, 0) is 62.4 Å². The smallest absolute Gasteiger partial charge is 0.408 e. The molecule has 0 aliphatic heterocycles. The maximum Gasteiger partial charge on any atom is 0.408 e. The van der Waals surface area contributed by atoms with Crippen LogP contribution < -0.4 is 31.3 Å².